The highest BCUT2D eigenvalue weighted by atomic mass is 79.9. The standard InChI is InChI=1S/C14H13BrN2O/c1-9-5-6-13(16)12(7-9)14(18)17-11-4-2-3-10(15)8-11/h2-8H,16H2,1H3,(H,17,18). The normalized spacial score (nSPS) is 10.1. The molecule has 0 unspecified atom stereocenters. The second kappa shape index (κ2) is 5.23. The summed E-state index contributed by atoms with van der Waals surface area (Å²) in [5.74, 6) is -0.200. The van der Waals surface area contributed by atoms with Crippen molar-refractivity contribution in [2.24, 2.45) is 0 Å². The summed E-state index contributed by atoms with van der Waals surface area (Å²) in [4.78, 5) is 12.1. The molecule has 0 saturated heterocycles. The van der Waals surface area contributed by atoms with Gasteiger partial charge in [-0.1, -0.05) is 33.6 Å². The number of nitrogens with two attached hydrogens (primary N) is 1. The highest BCUT2D eigenvalue weighted by molar-refractivity contribution is 9.10. The van der Waals surface area contributed by atoms with Crippen LogP contribution in [0.5, 0.6) is 0 Å². The van der Waals surface area contributed by atoms with Gasteiger partial charge in [0, 0.05) is 15.8 Å². The summed E-state index contributed by atoms with van der Waals surface area (Å²) >= 11 is 3.36. The molecule has 4 heteroatoms. The summed E-state index contributed by atoms with van der Waals surface area (Å²) in [6.07, 6.45) is 0. The lowest BCUT2D eigenvalue weighted by molar-refractivity contribution is 0.102. The van der Waals surface area contributed by atoms with Gasteiger partial charge in [-0.25, -0.2) is 0 Å². The quantitative estimate of drug-likeness (QED) is 0.833. The molecular weight excluding hydrogens is 292 g/mol. The molecule has 0 saturated carbocycles. The Bertz CT molecular complexity index is 596. The van der Waals surface area contributed by atoms with Gasteiger partial charge in [0.15, 0.2) is 0 Å². The van der Waals surface area contributed by atoms with Gasteiger partial charge in [0.2, 0.25) is 0 Å². The minimum Gasteiger partial charge on any atom is -0.398 e. The third-order valence-corrected chi connectivity index (χ3v) is 3.03. The largest absolute Gasteiger partial charge is 0.398 e. The van der Waals surface area contributed by atoms with Crippen molar-refractivity contribution in [3.8, 4) is 0 Å². The van der Waals surface area contributed by atoms with Crippen molar-refractivity contribution < 1.29 is 4.79 Å². The van der Waals surface area contributed by atoms with Gasteiger partial charge in [-0.3, -0.25) is 4.79 Å². The number of hydrogen-bond donors (Lipinski definition) is 2. The molecule has 0 aliphatic carbocycles. The lowest BCUT2D eigenvalue weighted by Gasteiger charge is -2.08. The molecule has 1 amide bonds. The second-order valence-electron chi connectivity index (χ2n) is 4.06. The zero-order chi connectivity index (χ0) is 13.1. The Hall–Kier alpha value is -1.81. The molecule has 2 aromatic carbocycles. The van der Waals surface area contributed by atoms with Gasteiger partial charge in [0.25, 0.3) is 5.91 Å². The van der Waals surface area contributed by atoms with E-state index < -0.39 is 0 Å². The van der Waals surface area contributed by atoms with Gasteiger partial charge in [0.1, 0.15) is 0 Å². The summed E-state index contributed by atoms with van der Waals surface area (Å²) in [7, 11) is 0. The van der Waals surface area contributed by atoms with Gasteiger partial charge in [-0.2, -0.15) is 0 Å². The van der Waals surface area contributed by atoms with E-state index in [4.69, 9.17) is 5.73 Å². The van der Waals surface area contributed by atoms with E-state index in [2.05, 4.69) is 21.2 Å². The number of amides is 1. The van der Waals surface area contributed by atoms with E-state index in [1.165, 1.54) is 0 Å². The van der Waals surface area contributed by atoms with Crippen LogP contribution in [0.25, 0.3) is 0 Å². The van der Waals surface area contributed by atoms with Crippen LogP contribution in [0.3, 0.4) is 0 Å². The number of nitrogens with one attached hydrogen (secondary N) is 1. The minimum absolute atomic E-state index is 0.200. The first-order valence-electron chi connectivity index (χ1n) is 5.49. The van der Waals surface area contributed by atoms with Crippen LogP contribution < -0.4 is 11.1 Å². The van der Waals surface area contributed by atoms with Crippen molar-refractivity contribution in [2.75, 3.05) is 11.1 Å². The first kappa shape index (κ1) is 12.6. The van der Waals surface area contributed by atoms with E-state index in [0.29, 0.717) is 11.3 Å². The number of halogens is 1. The van der Waals surface area contributed by atoms with Gasteiger partial charge < -0.3 is 11.1 Å². The molecule has 0 aliphatic heterocycles. The van der Waals surface area contributed by atoms with Crippen molar-refractivity contribution in [3.63, 3.8) is 0 Å². The van der Waals surface area contributed by atoms with Crippen molar-refractivity contribution in [1.29, 1.82) is 0 Å². The maximum absolute atomic E-state index is 12.1. The molecule has 0 spiro atoms. The molecule has 92 valence electrons. The highest BCUT2D eigenvalue weighted by Crippen LogP contribution is 2.19. The zero-order valence-electron chi connectivity index (χ0n) is 9.91. The van der Waals surface area contributed by atoms with E-state index in [0.717, 1.165) is 15.7 Å². The van der Waals surface area contributed by atoms with Crippen molar-refractivity contribution in [3.05, 3.63) is 58.1 Å². The van der Waals surface area contributed by atoms with E-state index in [9.17, 15) is 4.79 Å². The summed E-state index contributed by atoms with van der Waals surface area (Å²) in [5.41, 5.74) is 8.51. The molecule has 3 N–H and O–H groups in total. The number of aryl methyl sites for hydroxylation is 1. The fraction of sp³-hybridized carbons (Fsp3) is 0.0714. The topological polar surface area (TPSA) is 55.1 Å². The maximum Gasteiger partial charge on any atom is 0.257 e. The van der Waals surface area contributed by atoms with Crippen LogP contribution in [0, 0.1) is 6.92 Å². The van der Waals surface area contributed by atoms with Crippen LogP contribution >= 0.6 is 15.9 Å². The SMILES string of the molecule is Cc1ccc(N)c(C(=O)Nc2cccc(Br)c2)c1. The third-order valence-electron chi connectivity index (χ3n) is 2.54. The average Bonchev–Trinajstić information content (AvgIpc) is 2.32. The van der Waals surface area contributed by atoms with E-state index in [1.54, 1.807) is 12.1 Å². The first-order chi connectivity index (χ1) is 8.56. The third kappa shape index (κ3) is 2.90. The number of benzene rings is 2. The molecule has 3 nitrogen and oxygen atoms in total. The zero-order valence-corrected chi connectivity index (χ0v) is 11.5. The van der Waals surface area contributed by atoms with Crippen LogP contribution in [0.2, 0.25) is 0 Å². The fourth-order valence-corrected chi connectivity index (χ4v) is 2.03. The predicted molar refractivity (Wildman–Crippen MR) is 77.7 cm³/mol. The van der Waals surface area contributed by atoms with Gasteiger partial charge in [-0.05, 0) is 37.3 Å². The molecule has 0 aromatic heterocycles. The Morgan fingerprint density at radius 3 is 2.72 bits per heavy atom. The van der Waals surface area contributed by atoms with Crippen LogP contribution in [0.4, 0.5) is 11.4 Å². The molecule has 0 aliphatic rings. The van der Waals surface area contributed by atoms with E-state index >= 15 is 0 Å². The van der Waals surface area contributed by atoms with Crippen molar-refractivity contribution in [2.45, 2.75) is 6.92 Å². The molecule has 0 radical (unpaired) electrons. The van der Waals surface area contributed by atoms with Crippen LogP contribution in [-0.4, -0.2) is 5.91 Å². The Morgan fingerprint density at radius 1 is 1.22 bits per heavy atom. The van der Waals surface area contributed by atoms with Crippen LogP contribution in [0.1, 0.15) is 15.9 Å². The Labute approximate surface area is 114 Å². The summed E-state index contributed by atoms with van der Waals surface area (Å²) in [5, 5.41) is 2.82. The summed E-state index contributed by atoms with van der Waals surface area (Å²) in [6, 6.07) is 12.8. The van der Waals surface area contributed by atoms with Crippen LogP contribution in [0.15, 0.2) is 46.9 Å². The molecule has 2 rings (SSSR count). The summed E-state index contributed by atoms with van der Waals surface area (Å²) < 4.78 is 0.914. The Balaban J connectivity index is 2.24. The molecule has 0 fully saturated rings. The lowest BCUT2D eigenvalue weighted by atomic mass is 10.1. The number of rotatable bonds is 2. The minimum atomic E-state index is -0.200. The fourth-order valence-electron chi connectivity index (χ4n) is 1.63. The van der Waals surface area contributed by atoms with E-state index in [1.807, 2.05) is 37.3 Å². The molecule has 0 heterocycles. The Kier molecular flexibility index (Phi) is 3.67. The molecule has 0 bridgehead atoms. The van der Waals surface area contributed by atoms with Crippen LogP contribution in [-0.2, 0) is 0 Å². The first-order valence-corrected chi connectivity index (χ1v) is 6.28. The second-order valence-corrected chi connectivity index (χ2v) is 4.97. The highest BCUT2D eigenvalue weighted by Gasteiger charge is 2.10. The number of anilines is 2. The molecule has 0 atom stereocenters. The smallest absolute Gasteiger partial charge is 0.257 e. The van der Waals surface area contributed by atoms with Gasteiger partial charge in [0.05, 0.1) is 5.56 Å². The number of carbonyl (C=O) groups is 1. The van der Waals surface area contributed by atoms with Crippen molar-refractivity contribution in [1.82, 2.24) is 0 Å². The summed E-state index contributed by atoms with van der Waals surface area (Å²) in [6.45, 7) is 1.93. The molecule has 2 aromatic rings. The molecular formula is C14H13BrN2O. The number of carbonyl (C=O) groups excluding carboxylic acids is 1. The van der Waals surface area contributed by atoms with Gasteiger partial charge in [-0.15, -0.1) is 0 Å². The average molecular weight is 305 g/mol. The number of hydrogen-bond acceptors (Lipinski definition) is 2. The Morgan fingerprint density at radius 2 is 2.00 bits per heavy atom. The lowest BCUT2D eigenvalue weighted by Crippen LogP contribution is -2.14. The van der Waals surface area contributed by atoms with Crippen molar-refractivity contribution >= 4 is 33.2 Å². The monoisotopic (exact) mass is 304 g/mol. The molecule has 18 heavy (non-hydrogen) atoms. The van der Waals surface area contributed by atoms with Gasteiger partial charge >= 0.3 is 0 Å². The van der Waals surface area contributed by atoms with E-state index in [-0.39, 0.29) is 5.91 Å². The maximum atomic E-state index is 12.1. The number of nitrogen functional groups attached to an aromatic ring is 1. The predicted octanol–water partition coefficient (Wildman–Crippen LogP) is 3.59.